The van der Waals surface area contributed by atoms with Crippen molar-refractivity contribution in [3.05, 3.63) is 58.4 Å². The average molecular weight is 419 g/mol. The minimum atomic E-state index is 0.421. The van der Waals surface area contributed by atoms with Gasteiger partial charge in [0.25, 0.3) is 0 Å². The van der Waals surface area contributed by atoms with E-state index in [-0.39, 0.29) is 0 Å². The molecule has 0 aliphatic carbocycles. The predicted molar refractivity (Wildman–Crippen MR) is 109 cm³/mol. The molecule has 5 nitrogen and oxygen atoms in total. The van der Waals surface area contributed by atoms with Crippen LogP contribution < -0.4 is 0 Å². The molecule has 138 valence electrons. The number of benzene rings is 2. The molecule has 0 bridgehead atoms. The minimum absolute atomic E-state index is 0.421. The van der Waals surface area contributed by atoms with E-state index in [9.17, 15) is 0 Å². The van der Waals surface area contributed by atoms with Crippen LogP contribution in [0, 0.1) is 0 Å². The highest BCUT2D eigenvalue weighted by Crippen LogP contribution is 2.30. The van der Waals surface area contributed by atoms with Crippen LogP contribution in [0.5, 0.6) is 0 Å². The van der Waals surface area contributed by atoms with Crippen LogP contribution in [0.2, 0.25) is 10.0 Å². The molecule has 0 aliphatic heterocycles. The molecule has 27 heavy (non-hydrogen) atoms. The van der Waals surface area contributed by atoms with Crippen LogP contribution in [0.1, 0.15) is 19.2 Å². The van der Waals surface area contributed by atoms with Crippen molar-refractivity contribution in [1.82, 2.24) is 19.7 Å². The molecule has 0 N–H and O–H groups in total. The summed E-state index contributed by atoms with van der Waals surface area (Å²) in [6.45, 7) is 3.03. The van der Waals surface area contributed by atoms with Gasteiger partial charge in [0.05, 0.1) is 27.4 Å². The van der Waals surface area contributed by atoms with Crippen LogP contribution in [0.3, 0.4) is 0 Å². The maximum absolute atomic E-state index is 6.20. The second-order valence-corrected chi connectivity index (χ2v) is 7.73. The SMILES string of the molecule is CCCn1c(SCc2nnc(-c3ccccc3Cl)o2)nc2cc(Cl)ccc21. The fourth-order valence-corrected chi connectivity index (χ4v) is 4.07. The summed E-state index contributed by atoms with van der Waals surface area (Å²) in [5.41, 5.74) is 2.70. The van der Waals surface area contributed by atoms with Crippen molar-refractivity contribution >= 4 is 46.0 Å². The van der Waals surface area contributed by atoms with Gasteiger partial charge in [-0.2, -0.15) is 0 Å². The summed E-state index contributed by atoms with van der Waals surface area (Å²) in [5, 5.41) is 10.4. The third-order valence-corrected chi connectivity index (χ3v) is 5.54. The van der Waals surface area contributed by atoms with Gasteiger partial charge in [-0.25, -0.2) is 4.98 Å². The fourth-order valence-electron chi connectivity index (χ4n) is 2.81. The van der Waals surface area contributed by atoms with Crippen molar-refractivity contribution in [2.45, 2.75) is 30.8 Å². The summed E-state index contributed by atoms with van der Waals surface area (Å²) in [5.74, 6) is 1.48. The lowest BCUT2D eigenvalue weighted by Gasteiger charge is -2.06. The number of hydrogen-bond acceptors (Lipinski definition) is 5. The Labute approximate surface area is 170 Å². The molecular weight excluding hydrogens is 403 g/mol. The van der Waals surface area contributed by atoms with Crippen LogP contribution in [0.4, 0.5) is 0 Å². The monoisotopic (exact) mass is 418 g/mol. The number of aryl methyl sites for hydroxylation is 1. The lowest BCUT2D eigenvalue weighted by atomic mass is 10.2. The highest BCUT2D eigenvalue weighted by atomic mass is 35.5. The molecule has 8 heteroatoms. The molecule has 0 saturated heterocycles. The third kappa shape index (κ3) is 3.83. The summed E-state index contributed by atoms with van der Waals surface area (Å²) in [6.07, 6.45) is 1.01. The van der Waals surface area contributed by atoms with E-state index in [1.54, 1.807) is 17.8 Å². The molecule has 0 fully saturated rings. The maximum atomic E-state index is 6.20. The number of halogens is 2. The van der Waals surface area contributed by atoms with E-state index < -0.39 is 0 Å². The standard InChI is InChI=1S/C19H16Cl2N4OS/c1-2-9-25-16-8-7-12(20)10-15(16)22-19(25)27-11-17-23-24-18(26-17)13-5-3-4-6-14(13)21/h3-8,10H,2,9,11H2,1H3. The topological polar surface area (TPSA) is 56.7 Å². The Morgan fingerprint density at radius 2 is 1.96 bits per heavy atom. The van der Waals surface area contributed by atoms with Gasteiger partial charge in [-0.05, 0) is 36.8 Å². The smallest absolute Gasteiger partial charge is 0.249 e. The molecule has 4 aromatic rings. The van der Waals surface area contributed by atoms with Crippen molar-refractivity contribution in [1.29, 1.82) is 0 Å². The molecule has 4 rings (SSSR count). The highest BCUT2D eigenvalue weighted by molar-refractivity contribution is 7.98. The Kier molecular flexibility index (Phi) is 5.38. The number of fused-ring (bicyclic) bond motifs is 1. The first kappa shape index (κ1) is 18.3. The van der Waals surface area contributed by atoms with Gasteiger partial charge < -0.3 is 8.98 Å². The molecule has 0 unspecified atom stereocenters. The summed E-state index contributed by atoms with van der Waals surface area (Å²) < 4.78 is 7.98. The summed E-state index contributed by atoms with van der Waals surface area (Å²) in [6, 6.07) is 13.2. The lowest BCUT2D eigenvalue weighted by Crippen LogP contribution is -1.98. The van der Waals surface area contributed by atoms with Gasteiger partial charge in [-0.1, -0.05) is 54.0 Å². The second kappa shape index (κ2) is 7.92. The average Bonchev–Trinajstić information content (AvgIpc) is 3.25. The number of aromatic nitrogens is 4. The Morgan fingerprint density at radius 1 is 1.11 bits per heavy atom. The molecule has 0 saturated carbocycles. The van der Waals surface area contributed by atoms with E-state index in [2.05, 4.69) is 21.7 Å². The molecule has 2 heterocycles. The first-order valence-electron chi connectivity index (χ1n) is 8.51. The number of hydrogen-bond donors (Lipinski definition) is 0. The highest BCUT2D eigenvalue weighted by Gasteiger charge is 2.15. The summed E-state index contributed by atoms with van der Waals surface area (Å²) >= 11 is 13.9. The van der Waals surface area contributed by atoms with Crippen LogP contribution in [-0.4, -0.2) is 19.7 Å². The molecule has 2 aromatic carbocycles. The number of nitrogens with zero attached hydrogens (tertiary/aromatic N) is 4. The minimum Gasteiger partial charge on any atom is -0.420 e. The van der Waals surface area contributed by atoms with Crippen LogP contribution in [0.15, 0.2) is 52.0 Å². The van der Waals surface area contributed by atoms with E-state index >= 15 is 0 Å². The normalized spacial score (nSPS) is 11.4. The van der Waals surface area contributed by atoms with Gasteiger partial charge >= 0.3 is 0 Å². The first-order valence-corrected chi connectivity index (χ1v) is 10.3. The van der Waals surface area contributed by atoms with Crippen molar-refractivity contribution < 1.29 is 4.42 Å². The van der Waals surface area contributed by atoms with Crippen LogP contribution in [0.25, 0.3) is 22.5 Å². The molecule has 0 amide bonds. The van der Waals surface area contributed by atoms with Gasteiger partial charge in [0.2, 0.25) is 11.8 Å². The second-order valence-electron chi connectivity index (χ2n) is 5.95. The van der Waals surface area contributed by atoms with E-state index in [0.717, 1.165) is 34.7 Å². The summed E-state index contributed by atoms with van der Waals surface area (Å²) in [4.78, 5) is 4.72. The van der Waals surface area contributed by atoms with Crippen molar-refractivity contribution in [2.24, 2.45) is 0 Å². The van der Waals surface area contributed by atoms with Crippen LogP contribution >= 0.6 is 35.0 Å². The van der Waals surface area contributed by atoms with Gasteiger partial charge in [0.1, 0.15) is 0 Å². The Bertz CT molecular complexity index is 1090. The van der Waals surface area contributed by atoms with Crippen LogP contribution in [-0.2, 0) is 12.3 Å². The zero-order chi connectivity index (χ0) is 18.8. The third-order valence-electron chi connectivity index (χ3n) is 4.02. The molecule has 0 atom stereocenters. The van der Waals surface area contributed by atoms with E-state index in [4.69, 9.17) is 32.6 Å². The zero-order valence-corrected chi connectivity index (χ0v) is 16.9. The van der Waals surface area contributed by atoms with Crippen molar-refractivity contribution in [2.75, 3.05) is 0 Å². The Balaban J connectivity index is 1.57. The van der Waals surface area contributed by atoms with E-state index in [1.165, 1.54) is 0 Å². The largest absolute Gasteiger partial charge is 0.420 e. The van der Waals surface area contributed by atoms with Crippen molar-refractivity contribution in [3.8, 4) is 11.5 Å². The summed E-state index contributed by atoms with van der Waals surface area (Å²) in [7, 11) is 0. The predicted octanol–water partition coefficient (Wildman–Crippen LogP) is 6.10. The molecule has 0 spiro atoms. The molecule has 0 radical (unpaired) electrons. The van der Waals surface area contributed by atoms with E-state index in [0.29, 0.717) is 27.6 Å². The zero-order valence-electron chi connectivity index (χ0n) is 14.5. The number of rotatable bonds is 6. The van der Waals surface area contributed by atoms with E-state index in [1.807, 2.05) is 36.4 Å². The van der Waals surface area contributed by atoms with Gasteiger partial charge in [0.15, 0.2) is 5.16 Å². The quantitative estimate of drug-likeness (QED) is 0.354. The maximum Gasteiger partial charge on any atom is 0.249 e. The fraction of sp³-hybridized carbons (Fsp3) is 0.211. The Morgan fingerprint density at radius 3 is 2.78 bits per heavy atom. The molecule has 2 aromatic heterocycles. The van der Waals surface area contributed by atoms with Gasteiger partial charge in [-0.15, -0.1) is 10.2 Å². The lowest BCUT2D eigenvalue weighted by molar-refractivity contribution is 0.528. The van der Waals surface area contributed by atoms with Gasteiger partial charge in [-0.3, -0.25) is 0 Å². The molecule has 0 aliphatic rings. The van der Waals surface area contributed by atoms with Gasteiger partial charge in [0, 0.05) is 11.6 Å². The first-order chi connectivity index (χ1) is 13.2. The molecular formula is C19H16Cl2N4OS. The Hall–Kier alpha value is -2.02. The van der Waals surface area contributed by atoms with Crippen molar-refractivity contribution in [3.63, 3.8) is 0 Å². The number of thioether (sulfide) groups is 1. The number of imidazole rings is 1.